The molecule has 6 heteroatoms. The highest BCUT2D eigenvalue weighted by Gasteiger charge is 2.31. The number of aryl methyl sites for hydroxylation is 1. The van der Waals surface area contributed by atoms with Gasteiger partial charge in [0.1, 0.15) is 6.04 Å². The lowest BCUT2D eigenvalue weighted by Crippen LogP contribution is -2.53. The molecular formula is C28H31FN2O3. The van der Waals surface area contributed by atoms with Crippen molar-refractivity contribution in [2.45, 2.75) is 45.8 Å². The second-order valence-corrected chi connectivity index (χ2v) is 8.54. The molecule has 3 aromatic rings. The molecule has 0 spiro atoms. The van der Waals surface area contributed by atoms with Gasteiger partial charge in [-0.15, -0.1) is 0 Å². The second-order valence-electron chi connectivity index (χ2n) is 8.54. The predicted octanol–water partition coefficient (Wildman–Crippen LogP) is 4.68. The predicted molar refractivity (Wildman–Crippen MR) is 131 cm³/mol. The monoisotopic (exact) mass is 462 g/mol. The molecule has 0 radical (unpaired) electrons. The smallest absolute Gasteiger partial charge is 0.261 e. The molecule has 0 heterocycles. The maximum absolute atomic E-state index is 14.0. The lowest BCUT2D eigenvalue weighted by Gasteiger charge is -2.32. The first-order chi connectivity index (χ1) is 16.3. The molecule has 3 aromatic carbocycles. The highest BCUT2D eigenvalue weighted by Crippen LogP contribution is 2.19. The van der Waals surface area contributed by atoms with Gasteiger partial charge in [-0.1, -0.05) is 66.7 Å². The third kappa shape index (κ3) is 6.91. The van der Waals surface area contributed by atoms with Crippen LogP contribution in [0.25, 0.3) is 0 Å². The van der Waals surface area contributed by atoms with Gasteiger partial charge in [0.2, 0.25) is 5.91 Å². The van der Waals surface area contributed by atoms with Crippen LogP contribution in [0, 0.1) is 12.7 Å². The van der Waals surface area contributed by atoms with E-state index in [1.165, 1.54) is 17.0 Å². The summed E-state index contributed by atoms with van der Waals surface area (Å²) in [7, 11) is 0. The fourth-order valence-electron chi connectivity index (χ4n) is 3.69. The fraction of sp³-hybridized carbons (Fsp3) is 0.286. The first-order valence-electron chi connectivity index (χ1n) is 11.4. The van der Waals surface area contributed by atoms with E-state index in [0.29, 0.717) is 6.42 Å². The van der Waals surface area contributed by atoms with Crippen LogP contribution < -0.4 is 10.1 Å². The number of hydrogen-bond donors (Lipinski definition) is 1. The van der Waals surface area contributed by atoms with Crippen LogP contribution in [0.3, 0.4) is 0 Å². The molecule has 5 nitrogen and oxygen atoms in total. The Kier molecular flexibility index (Phi) is 8.79. The van der Waals surface area contributed by atoms with E-state index in [9.17, 15) is 14.0 Å². The number of nitrogens with one attached hydrogen (secondary N) is 1. The Morgan fingerprint density at radius 1 is 0.941 bits per heavy atom. The average molecular weight is 463 g/mol. The highest BCUT2D eigenvalue weighted by molar-refractivity contribution is 5.88. The van der Waals surface area contributed by atoms with Gasteiger partial charge < -0.3 is 15.0 Å². The molecule has 0 saturated heterocycles. The quantitative estimate of drug-likeness (QED) is 0.476. The van der Waals surface area contributed by atoms with Crippen LogP contribution in [0.2, 0.25) is 0 Å². The molecule has 0 bridgehead atoms. The van der Waals surface area contributed by atoms with Crippen LogP contribution in [-0.2, 0) is 22.6 Å². The summed E-state index contributed by atoms with van der Waals surface area (Å²) in [6.45, 7) is 5.58. The minimum absolute atomic E-state index is 0.00191. The van der Waals surface area contributed by atoms with E-state index < -0.39 is 17.8 Å². The van der Waals surface area contributed by atoms with Crippen molar-refractivity contribution in [2.24, 2.45) is 0 Å². The van der Waals surface area contributed by atoms with Gasteiger partial charge in [0.05, 0.1) is 0 Å². The summed E-state index contributed by atoms with van der Waals surface area (Å²) in [5, 5.41) is 2.95. The number of nitrogens with zero attached hydrogens (tertiary/aromatic N) is 1. The van der Waals surface area contributed by atoms with Gasteiger partial charge in [-0.05, 0) is 49.6 Å². The SMILES string of the molecule is Cc1ccccc1CN(C(=O)COc1ccccc1F)[C@@H](Cc1ccccc1)C(=O)NC(C)C. The molecule has 0 unspecified atom stereocenters. The minimum Gasteiger partial charge on any atom is -0.481 e. The molecule has 0 saturated carbocycles. The van der Waals surface area contributed by atoms with Gasteiger partial charge in [-0.2, -0.15) is 0 Å². The fourth-order valence-corrected chi connectivity index (χ4v) is 3.69. The minimum atomic E-state index is -0.763. The van der Waals surface area contributed by atoms with Gasteiger partial charge in [-0.3, -0.25) is 9.59 Å². The second kappa shape index (κ2) is 12.0. The van der Waals surface area contributed by atoms with Crippen LogP contribution in [0.15, 0.2) is 78.9 Å². The lowest BCUT2D eigenvalue weighted by molar-refractivity contribution is -0.143. The lowest BCUT2D eigenvalue weighted by atomic mass is 10.0. The number of benzene rings is 3. The van der Waals surface area contributed by atoms with Crippen LogP contribution in [0.5, 0.6) is 5.75 Å². The molecule has 34 heavy (non-hydrogen) atoms. The van der Waals surface area contributed by atoms with Crippen molar-refractivity contribution in [3.8, 4) is 5.75 Å². The number of carbonyl (C=O) groups excluding carboxylic acids is 2. The largest absolute Gasteiger partial charge is 0.481 e. The summed E-state index contributed by atoms with van der Waals surface area (Å²) in [5.74, 6) is -1.19. The van der Waals surface area contributed by atoms with Crippen LogP contribution in [0.4, 0.5) is 4.39 Å². The van der Waals surface area contributed by atoms with Crippen molar-refractivity contribution in [3.63, 3.8) is 0 Å². The number of halogens is 1. The number of amides is 2. The van der Waals surface area contributed by atoms with Gasteiger partial charge in [0, 0.05) is 19.0 Å². The molecule has 2 amide bonds. The number of rotatable bonds is 10. The molecule has 3 rings (SSSR count). The van der Waals surface area contributed by atoms with Gasteiger partial charge in [0.15, 0.2) is 18.2 Å². The summed E-state index contributed by atoms with van der Waals surface area (Å²) in [6, 6.07) is 22.4. The third-order valence-corrected chi connectivity index (χ3v) is 5.49. The molecule has 1 N–H and O–H groups in total. The Balaban J connectivity index is 1.93. The zero-order valence-corrected chi connectivity index (χ0v) is 19.8. The van der Waals surface area contributed by atoms with E-state index in [2.05, 4.69) is 5.32 Å². The number of para-hydroxylation sites is 1. The molecule has 0 aliphatic carbocycles. The Bertz CT molecular complexity index is 1100. The van der Waals surface area contributed by atoms with Crippen LogP contribution in [0.1, 0.15) is 30.5 Å². The van der Waals surface area contributed by atoms with E-state index >= 15 is 0 Å². The highest BCUT2D eigenvalue weighted by atomic mass is 19.1. The van der Waals surface area contributed by atoms with Crippen molar-refractivity contribution < 1.29 is 18.7 Å². The van der Waals surface area contributed by atoms with E-state index in [1.54, 1.807) is 12.1 Å². The first-order valence-corrected chi connectivity index (χ1v) is 11.4. The van der Waals surface area contributed by atoms with Gasteiger partial charge >= 0.3 is 0 Å². The topological polar surface area (TPSA) is 58.6 Å². The maximum Gasteiger partial charge on any atom is 0.261 e. The van der Waals surface area contributed by atoms with Crippen LogP contribution >= 0.6 is 0 Å². The van der Waals surface area contributed by atoms with E-state index in [-0.39, 0.29) is 30.9 Å². The van der Waals surface area contributed by atoms with Crippen molar-refractivity contribution in [3.05, 3.63) is 101 Å². The summed E-state index contributed by atoms with van der Waals surface area (Å²) in [5.41, 5.74) is 2.87. The molecular weight excluding hydrogens is 431 g/mol. The van der Waals surface area contributed by atoms with E-state index in [4.69, 9.17) is 4.74 Å². The Hall–Kier alpha value is -3.67. The van der Waals surface area contributed by atoms with Crippen molar-refractivity contribution in [2.75, 3.05) is 6.61 Å². The number of hydrogen-bond acceptors (Lipinski definition) is 3. The summed E-state index contributed by atoms with van der Waals surface area (Å²) in [4.78, 5) is 28.3. The molecule has 178 valence electrons. The Morgan fingerprint density at radius 3 is 2.26 bits per heavy atom. The summed E-state index contributed by atoms with van der Waals surface area (Å²) in [6.07, 6.45) is 0.344. The first kappa shape index (κ1) is 25.0. The third-order valence-electron chi connectivity index (χ3n) is 5.49. The number of ether oxygens (including phenoxy) is 1. The molecule has 1 atom stereocenters. The molecule has 0 aromatic heterocycles. The van der Waals surface area contributed by atoms with E-state index in [0.717, 1.165) is 16.7 Å². The van der Waals surface area contributed by atoms with Gasteiger partial charge in [-0.25, -0.2) is 4.39 Å². The van der Waals surface area contributed by atoms with E-state index in [1.807, 2.05) is 75.4 Å². The number of carbonyl (C=O) groups is 2. The zero-order valence-electron chi connectivity index (χ0n) is 19.8. The Morgan fingerprint density at radius 2 is 1.59 bits per heavy atom. The van der Waals surface area contributed by atoms with Crippen LogP contribution in [-0.4, -0.2) is 35.4 Å². The normalized spacial score (nSPS) is 11.7. The average Bonchev–Trinajstić information content (AvgIpc) is 2.82. The molecule has 0 aliphatic rings. The maximum atomic E-state index is 14.0. The standard InChI is InChI=1S/C28H31FN2O3/c1-20(2)30-28(33)25(17-22-12-5-4-6-13-22)31(18-23-14-8-7-11-21(23)3)27(32)19-34-26-16-10-9-15-24(26)29/h4-16,20,25H,17-19H2,1-3H3,(H,30,33)/t25-/m0/s1. The summed E-state index contributed by atoms with van der Waals surface area (Å²) >= 11 is 0. The molecule has 0 aliphatic heterocycles. The zero-order chi connectivity index (χ0) is 24.5. The molecule has 0 fully saturated rings. The van der Waals surface area contributed by atoms with Gasteiger partial charge in [0.25, 0.3) is 5.91 Å². The summed E-state index contributed by atoms with van der Waals surface area (Å²) < 4.78 is 19.6. The van der Waals surface area contributed by atoms with Crippen molar-refractivity contribution in [1.29, 1.82) is 0 Å². The van der Waals surface area contributed by atoms with Crippen molar-refractivity contribution in [1.82, 2.24) is 10.2 Å². The Labute approximate surface area is 200 Å². The van der Waals surface area contributed by atoms with Crippen molar-refractivity contribution >= 4 is 11.8 Å².